The number of nitrogens with zero attached hydrogens (tertiary/aromatic N) is 2. The highest BCUT2D eigenvalue weighted by Gasteiger charge is 2.17. The minimum atomic E-state index is -3.59. The Labute approximate surface area is 143 Å². The molecule has 1 fully saturated rings. The Morgan fingerprint density at radius 2 is 1.58 bits per heavy atom. The van der Waals surface area contributed by atoms with Crippen LogP contribution in [0.25, 0.3) is 0 Å². The number of aryl methyl sites for hydroxylation is 1. The fraction of sp³-hybridized carbons (Fsp3) is 0.278. The Hall–Kier alpha value is -2.34. The van der Waals surface area contributed by atoms with Crippen molar-refractivity contribution in [3.05, 3.63) is 60.2 Å². The first-order chi connectivity index (χ1) is 11.5. The van der Waals surface area contributed by atoms with Gasteiger partial charge in [-0.25, -0.2) is 4.83 Å². The molecule has 1 heterocycles. The first kappa shape index (κ1) is 16.5. The maximum absolute atomic E-state index is 12.2. The van der Waals surface area contributed by atoms with Crippen LogP contribution in [0.3, 0.4) is 0 Å². The molecule has 2 aromatic rings. The maximum Gasteiger partial charge on any atom is 0.276 e. The van der Waals surface area contributed by atoms with E-state index in [4.69, 9.17) is 0 Å². The molecule has 3 rings (SSSR count). The number of piperidine rings is 1. The van der Waals surface area contributed by atoms with Gasteiger partial charge in [0.2, 0.25) is 0 Å². The van der Waals surface area contributed by atoms with Crippen LogP contribution < -0.4 is 9.73 Å². The lowest BCUT2D eigenvalue weighted by Gasteiger charge is -2.29. The van der Waals surface area contributed by atoms with Gasteiger partial charge in [-0.15, -0.1) is 0 Å². The molecule has 1 aliphatic rings. The molecule has 2 aromatic carbocycles. The molecule has 1 aliphatic heterocycles. The van der Waals surface area contributed by atoms with Crippen LogP contribution in [0.2, 0.25) is 0 Å². The van der Waals surface area contributed by atoms with Crippen LogP contribution in [0, 0.1) is 6.92 Å². The van der Waals surface area contributed by atoms with Gasteiger partial charge in [0.25, 0.3) is 10.0 Å². The van der Waals surface area contributed by atoms with Gasteiger partial charge in [-0.3, -0.25) is 0 Å². The van der Waals surface area contributed by atoms with Gasteiger partial charge in [-0.05, 0) is 31.2 Å². The SMILES string of the molecule is Cc1ccc(S(=O)(=O)NN=C2CCN(c3ccccc3)CC2)cc1. The summed E-state index contributed by atoms with van der Waals surface area (Å²) in [6, 6.07) is 17.0. The zero-order valence-electron chi connectivity index (χ0n) is 13.6. The molecule has 0 saturated carbocycles. The van der Waals surface area contributed by atoms with E-state index in [2.05, 4.69) is 27.0 Å². The van der Waals surface area contributed by atoms with E-state index in [1.54, 1.807) is 24.3 Å². The second-order valence-electron chi connectivity index (χ2n) is 5.91. The molecule has 0 bridgehead atoms. The Bertz CT molecular complexity index is 805. The highest BCUT2D eigenvalue weighted by atomic mass is 32.2. The van der Waals surface area contributed by atoms with E-state index in [0.717, 1.165) is 37.2 Å². The summed E-state index contributed by atoms with van der Waals surface area (Å²) in [4.78, 5) is 4.88. The van der Waals surface area contributed by atoms with Crippen molar-refractivity contribution < 1.29 is 8.42 Å². The van der Waals surface area contributed by atoms with Crippen LogP contribution >= 0.6 is 0 Å². The van der Waals surface area contributed by atoms with Gasteiger partial charge in [0.1, 0.15) is 0 Å². The smallest absolute Gasteiger partial charge is 0.276 e. The lowest BCUT2D eigenvalue weighted by Crippen LogP contribution is -2.34. The number of nitrogens with one attached hydrogen (secondary N) is 1. The number of sulfonamides is 1. The van der Waals surface area contributed by atoms with Crippen molar-refractivity contribution in [1.29, 1.82) is 0 Å². The summed E-state index contributed by atoms with van der Waals surface area (Å²) in [7, 11) is -3.59. The fourth-order valence-corrected chi connectivity index (χ4v) is 3.52. The number of rotatable bonds is 4. The molecule has 1 saturated heterocycles. The zero-order chi connectivity index (χ0) is 17.0. The monoisotopic (exact) mass is 343 g/mol. The summed E-state index contributed by atoms with van der Waals surface area (Å²) in [6.07, 6.45) is 1.51. The van der Waals surface area contributed by atoms with E-state index in [-0.39, 0.29) is 4.90 Å². The number of benzene rings is 2. The van der Waals surface area contributed by atoms with Crippen LogP contribution in [0.5, 0.6) is 0 Å². The second kappa shape index (κ2) is 7.05. The molecule has 0 aliphatic carbocycles. The van der Waals surface area contributed by atoms with Crippen molar-refractivity contribution in [1.82, 2.24) is 4.83 Å². The van der Waals surface area contributed by atoms with E-state index >= 15 is 0 Å². The number of hydrogen-bond acceptors (Lipinski definition) is 4. The molecule has 5 nitrogen and oxygen atoms in total. The molecule has 0 aromatic heterocycles. The quantitative estimate of drug-likeness (QED) is 0.868. The number of para-hydroxylation sites is 1. The van der Waals surface area contributed by atoms with Gasteiger partial charge in [0.15, 0.2) is 0 Å². The molecule has 0 spiro atoms. The number of anilines is 1. The molecule has 0 atom stereocenters. The predicted octanol–water partition coefficient (Wildman–Crippen LogP) is 2.93. The van der Waals surface area contributed by atoms with Crippen molar-refractivity contribution in [2.24, 2.45) is 5.10 Å². The summed E-state index contributed by atoms with van der Waals surface area (Å²) in [5.41, 5.74) is 3.10. The molecule has 1 N–H and O–H groups in total. The molecule has 6 heteroatoms. The van der Waals surface area contributed by atoms with Gasteiger partial charge in [0, 0.05) is 37.3 Å². The van der Waals surface area contributed by atoms with E-state index in [1.807, 2.05) is 25.1 Å². The standard InChI is InChI=1S/C18H21N3O2S/c1-15-7-9-18(10-8-15)24(22,23)20-19-16-11-13-21(14-12-16)17-5-3-2-4-6-17/h2-10,20H,11-14H2,1H3. The average Bonchev–Trinajstić information content (AvgIpc) is 2.62. The van der Waals surface area contributed by atoms with Crippen molar-refractivity contribution in [2.75, 3.05) is 18.0 Å². The van der Waals surface area contributed by atoms with Crippen molar-refractivity contribution in [3.63, 3.8) is 0 Å². The Balaban J connectivity index is 1.61. The highest BCUT2D eigenvalue weighted by molar-refractivity contribution is 7.89. The van der Waals surface area contributed by atoms with Gasteiger partial charge >= 0.3 is 0 Å². The van der Waals surface area contributed by atoms with E-state index in [9.17, 15) is 8.42 Å². The van der Waals surface area contributed by atoms with Crippen LogP contribution in [-0.4, -0.2) is 27.2 Å². The molecule has 0 unspecified atom stereocenters. The van der Waals surface area contributed by atoms with Crippen LogP contribution in [0.1, 0.15) is 18.4 Å². The van der Waals surface area contributed by atoms with Crippen LogP contribution in [-0.2, 0) is 10.0 Å². The minimum absolute atomic E-state index is 0.235. The lowest BCUT2D eigenvalue weighted by molar-refractivity contribution is 0.583. The van der Waals surface area contributed by atoms with E-state index in [0.29, 0.717) is 0 Å². The predicted molar refractivity (Wildman–Crippen MR) is 96.8 cm³/mol. The topological polar surface area (TPSA) is 61.8 Å². The fourth-order valence-electron chi connectivity index (χ4n) is 2.67. The molecular formula is C18H21N3O2S. The lowest BCUT2D eigenvalue weighted by atomic mass is 10.1. The molecule has 0 amide bonds. The second-order valence-corrected chi connectivity index (χ2v) is 7.57. The average molecular weight is 343 g/mol. The van der Waals surface area contributed by atoms with Crippen molar-refractivity contribution in [3.8, 4) is 0 Å². The Morgan fingerprint density at radius 3 is 2.21 bits per heavy atom. The Kier molecular flexibility index (Phi) is 4.85. The van der Waals surface area contributed by atoms with Crippen LogP contribution in [0.4, 0.5) is 5.69 Å². The van der Waals surface area contributed by atoms with E-state index in [1.165, 1.54) is 5.69 Å². The third-order valence-electron chi connectivity index (χ3n) is 4.12. The van der Waals surface area contributed by atoms with Gasteiger partial charge in [-0.1, -0.05) is 35.9 Å². The van der Waals surface area contributed by atoms with Crippen LogP contribution in [0.15, 0.2) is 64.6 Å². The molecular weight excluding hydrogens is 322 g/mol. The summed E-state index contributed by atoms with van der Waals surface area (Å²) in [6.45, 7) is 3.61. The van der Waals surface area contributed by atoms with Gasteiger partial charge in [0.05, 0.1) is 4.90 Å². The highest BCUT2D eigenvalue weighted by Crippen LogP contribution is 2.18. The first-order valence-corrected chi connectivity index (χ1v) is 9.47. The first-order valence-electron chi connectivity index (χ1n) is 7.98. The summed E-state index contributed by atoms with van der Waals surface area (Å²) in [5, 5.41) is 4.13. The van der Waals surface area contributed by atoms with E-state index < -0.39 is 10.0 Å². The number of hydrazone groups is 1. The maximum atomic E-state index is 12.2. The third kappa shape index (κ3) is 3.94. The molecule has 0 radical (unpaired) electrons. The Morgan fingerprint density at radius 1 is 0.958 bits per heavy atom. The largest absolute Gasteiger partial charge is 0.371 e. The van der Waals surface area contributed by atoms with Crippen molar-refractivity contribution >= 4 is 21.4 Å². The van der Waals surface area contributed by atoms with Crippen molar-refractivity contribution in [2.45, 2.75) is 24.7 Å². The normalized spacial score (nSPS) is 15.2. The summed E-state index contributed by atoms with van der Waals surface area (Å²) < 4.78 is 24.5. The third-order valence-corrected chi connectivity index (χ3v) is 5.34. The number of hydrogen-bond donors (Lipinski definition) is 1. The summed E-state index contributed by atoms with van der Waals surface area (Å²) in [5.74, 6) is 0. The zero-order valence-corrected chi connectivity index (χ0v) is 14.5. The molecule has 24 heavy (non-hydrogen) atoms. The van der Waals surface area contributed by atoms with Gasteiger partial charge < -0.3 is 4.90 Å². The minimum Gasteiger partial charge on any atom is -0.371 e. The summed E-state index contributed by atoms with van der Waals surface area (Å²) >= 11 is 0. The molecule has 126 valence electrons. The van der Waals surface area contributed by atoms with Gasteiger partial charge in [-0.2, -0.15) is 13.5 Å².